The summed E-state index contributed by atoms with van der Waals surface area (Å²) in [6.45, 7) is 0. The zero-order valence-electron chi connectivity index (χ0n) is 12.1. The lowest BCUT2D eigenvalue weighted by molar-refractivity contribution is -0.708. The van der Waals surface area contributed by atoms with Crippen molar-refractivity contribution in [1.29, 1.82) is 0 Å². The van der Waals surface area contributed by atoms with Crippen LogP contribution in [-0.4, -0.2) is 5.78 Å². The van der Waals surface area contributed by atoms with E-state index in [1.54, 1.807) is 0 Å². The molecule has 0 saturated heterocycles. The third kappa shape index (κ3) is 2.43. The second kappa shape index (κ2) is 6.16. The van der Waals surface area contributed by atoms with E-state index in [0.29, 0.717) is 0 Å². The van der Waals surface area contributed by atoms with E-state index in [9.17, 15) is 4.79 Å². The highest BCUT2D eigenvalue weighted by Gasteiger charge is 2.34. The topological polar surface area (TPSA) is 20.9 Å². The Labute approximate surface area is 146 Å². The molecule has 0 bridgehead atoms. The number of fused-ring (bicyclic) bond motifs is 3. The molecule has 1 heterocycles. The zero-order chi connectivity index (χ0) is 14.2. The van der Waals surface area contributed by atoms with Gasteiger partial charge in [-0.1, -0.05) is 42.5 Å². The van der Waals surface area contributed by atoms with Crippen molar-refractivity contribution in [1.82, 2.24) is 0 Å². The van der Waals surface area contributed by atoms with Crippen LogP contribution in [0.4, 0.5) is 0 Å². The summed E-state index contributed by atoms with van der Waals surface area (Å²) in [6, 6.07) is 18.2. The molecule has 2 aromatic carbocycles. The number of hydrogen-bond donors (Lipinski definition) is 0. The molecule has 22 heavy (non-hydrogen) atoms. The van der Waals surface area contributed by atoms with Gasteiger partial charge in [0.25, 0.3) is 0 Å². The number of pyridine rings is 1. The number of nitrogens with zero attached hydrogens (tertiary/aromatic N) is 1. The van der Waals surface area contributed by atoms with Gasteiger partial charge in [0.2, 0.25) is 11.8 Å². The predicted octanol–water partition coefficient (Wildman–Crippen LogP) is 0.501. The molecule has 0 saturated carbocycles. The normalized spacial score (nSPS) is 16.9. The Balaban J connectivity index is 0.00000144. The molecule has 0 N–H and O–H groups in total. The number of halogens is 1. The molecule has 0 fully saturated rings. The molecule has 0 aliphatic heterocycles. The van der Waals surface area contributed by atoms with Crippen LogP contribution >= 0.6 is 0 Å². The molecule has 0 radical (unpaired) electrons. The number of hydrogen-bond acceptors (Lipinski definition) is 1. The number of ketones is 1. The van der Waals surface area contributed by atoms with Crippen LogP contribution in [-0.2, 0) is 6.42 Å². The summed E-state index contributed by atoms with van der Waals surface area (Å²) in [4.78, 5) is 12.8. The Kier molecular flexibility index (Phi) is 4.25. The molecule has 0 spiro atoms. The SMILES string of the molecule is O=C1c2ccc3ccccc3c2CCC1[n+]1ccccc1.[I-]. The number of benzene rings is 2. The van der Waals surface area contributed by atoms with Gasteiger partial charge in [-0.05, 0) is 22.8 Å². The first-order valence-electron chi connectivity index (χ1n) is 7.35. The molecule has 1 aliphatic rings. The summed E-state index contributed by atoms with van der Waals surface area (Å²) < 4.78 is 2.03. The van der Waals surface area contributed by atoms with E-state index in [-0.39, 0.29) is 35.8 Å². The van der Waals surface area contributed by atoms with Crippen molar-refractivity contribution < 1.29 is 33.3 Å². The summed E-state index contributed by atoms with van der Waals surface area (Å²) in [7, 11) is 0. The molecule has 1 unspecified atom stereocenters. The maximum absolute atomic E-state index is 12.8. The molecule has 1 aliphatic carbocycles. The molecule has 1 atom stereocenters. The quantitative estimate of drug-likeness (QED) is 0.430. The van der Waals surface area contributed by atoms with Crippen molar-refractivity contribution in [3.05, 3.63) is 78.1 Å². The number of carbonyl (C=O) groups excluding carboxylic acids is 1. The monoisotopic (exact) mass is 401 g/mol. The molecule has 2 nitrogen and oxygen atoms in total. The van der Waals surface area contributed by atoms with Crippen molar-refractivity contribution in [3.63, 3.8) is 0 Å². The Bertz CT molecular complexity index is 829. The van der Waals surface area contributed by atoms with Crippen LogP contribution in [0.1, 0.15) is 28.4 Å². The van der Waals surface area contributed by atoms with Crippen LogP contribution < -0.4 is 28.5 Å². The molecule has 3 aromatic rings. The van der Waals surface area contributed by atoms with E-state index >= 15 is 0 Å². The summed E-state index contributed by atoms with van der Waals surface area (Å²) in [5.74, 6) is 0.234. The lowest BCUT2D eigenvalue weighted by Gasteiger charge is -2.21. The van der Waals surface area contributed by atoms with E-state index in [1.165, 1.54) is 16.3 Å². The van der Waals surface area contributed by atoms with Gasteiger partial charge in [0.15, 0.2) is 12.4 Å². The number of rotatable bonds is 1. The molecular formula is C19H16INO. The van der Waals surface area contributed by atoms with E-state index < -0.39 is 0 Å². The van der Waals surface area contributed by atoms with Gasteiger partial charge in [-0.15, -0.1) is 0 Å². The van der Waals surface area contributed by atoms with Crippen molar-refractivity contribution in [2.24, 2.45) is 0 Å². The van der Waals surface area contributed by atoms with E-state index in [2.05, 4.69) is 18.2 Å². The summed E-state index contributed by atoms with van der Waals surface area (Å²) >= 11 is 0. The fourth-order valence-electron chi connectivity index (χ4n) is 3.33. The van der Waals surface area contributed by atoms with Crippen molar-refractivity contribution >= 4 is 16.6 Å². The van der Waals surface area contributed by atoms with Crippen LogP contribution in [0, 0.1) is 0 Å². The van der Waals surface area contributed by atoms with E-state index in [0.717, 1.165) is 18.4 Å². The third-order valence-electron chi connectivity index (χ3n) is 4.37. The van der Waals surface area contributed by atoms with Gasteiger partial charge in [0, 0.05) is 24.1 Å². The first kappa shape index (κ1) is 15.2. The number of aromatic nitrogens is 1. The summed E-state index contributed by atoms with van der Waals surface area (Å²) in [5, 5.41) is 2.44. The van der Waals surface area contributed by atoms with Gasteiger partial charge in [-0.2, -0.15) is 4.57 Å². The van der Waals surface area contributed by atoms with Gasteiger partial charge < -0.3 is 24.0 Å². The van der Waals surface area contributed by atoms with Gasteiger partial charge in [0.05, 0.1) is 0 Å². The standard InChI is InChI=1S/C19H16NO.HI/c21-19-17-9-8-14-6-2-3-7-15(14)16(17)10-11-18(19)20-12-4-1-5-13-20;/h1-9,12-13,18H,10-11H2;1H/q+1;/p-1. The minimum atomic E-state index is -0.0696. The minimum absolute atomic E-state index is 0. The van der Waals surface area contributed by atoms with Crippen LogP contribution in [0.25, 0.3) is 10.8 Å². The molecule has 110 valence electrons. The first-order valence-corrected chi connectivity index (χ1v) is 7.35. The number of Topliss-reactive ketones (excluding diaryl/α,β-unsaturated/α-hetero) is 1. The average molecular weight is 401 g/mol. The van der Waals surface area contributed by atoms with Crippen molar-refractivity contribution in [2.45, 2.75) is 18.9 Å². The number of aryl methyl sites for hydroxylation is 1. The predicted molar refractivity (Wildman–Crippen MR) is 82.3 cm³/mol. The van der Waals surface area contributed by atoms with Crippen LogP contribution in [0.5, 0.6) is 0 Å². The van der Waals surface area contributed by atoms with Gasteiger partial charge >= 0.3 is 0 Å². The second-order valence-electron chi connectivity index (χ2n) is 5.55. The summed E-state index contributed by atoms with van der Waals surface area (Å²) in [5.41, 5.74) is 2.10. The Morgan fingerprint density at radius 2 is 1.68 bits per heavy atom. The van der Waals surface area contributed by atoms with Crippen molar-refractivity contribution in [3.8, 4) is 0 Å². The van der Waals surface area contributed by atoms with Gasteiger partial charge in [-0.25, -0.2) is 0 Å². The van der Waals surface area contributed by atoms with Crippen molar-refractivity contribution in [2.75, 3.05) is 0 Å². The third-order valence-corrected chi connectivity index (χ3v) is 4.37. The lowest BCUT2D eigenvalue weighted by Crippen LogP contribution is -3.00. The molecule has 1 aromatic heterocycles. The number of carbonyl (C=O) groups is 1. The van der Waals surface area contributed by atoms with Crippen LogP contribution in [0.3, 0.4) is 0 Å². The van der Waals surface area contributed by atoms with Crippen LogP contribution in [0.15, 0.2) is 67.0 Å². The fraction of sp³-hybridized carbons (Fsp3) is 0.158. The zero-order valence-corrected chi connectivity index (χ0v) is 14.2. The highest BCUT2D eigenvalue weighted by molar-refractivity contribution is 6.05. The second-order valence-corrected chi connectivity index (χ2v) is 5.55. The lowest BCUT2D eigenvalue weighted by atomic mass is 9.84. The highest BCUT2D eigenvalue weighted by Crippen LogP contribution is 2.31. The molecule has 4 rings (SSSR count). The van der Waals surface area contributed by atoms with E-state index in [1.807, 2.05) is 53.4 Å². The average Bonchev–Trinajstić information content (AvgIpc) is 2.56. The summed E-state index contributed by atoms with van der Waals surface area (Å²) in [6.07, 6.45) is 5.78. The molecular weight excluding hydrogens is 385 g/mol. The smallest absolute Gasteiger partial charge is 0.230 e. The molecule has 3 heteroatoms. The maximum atomic E-state index is 12.8. The maximum Gasteiger partial charge on any atom is 0.230 e. The first-order chi connectivity index (χ1) is 10.3. The van der Waals surface area contributed by atoms with E-state index in [4.69, 9.17) is 0 Å². The van der Waals surface area contributed by atoms with Crippen LogP contribution in [0.2, 0.25) is 0 Å². The minimum Gasteiger partial charge on any atom is -1.00 e. The fourth-order valence-corrected chi connectivity index (χ4v) is 3.33. The highest BCUT2D eigenvalue weighted by atomic mass is 127. The van der Waals surface area contributed by atoms with Gasteiger partial charge in [-0.3, -0.25) is 4.79 Å². The van der Waals surface area contributed by atoms with Gasteiger partial charge in [0.1, 0.15) is 0 Å². The Morgan fingerprint density at radius 1 is 0.909 bits per heavy atom. The Morgan fingerprint density at radius 3 is 2.50 bits per heavy atom. The Hall–Kier alpha value is -1.75. The molecule has 0 amide bonds. The largest absolute Gasteiger partial charge is 1.00 e.